The monoisotopic (exact) mass is 289 g/mol. The van der Waals surface area contributed by atoms with E-state index in [4.69, 9.17) is 5.73 Å². The van der Waals surface area contributed by atoms with Gasteiger partial charge in [-0.2, -0.15) is 0 Å². The van der Waals surface area contributed by atoms with Gasteiger partial charge in [0.2, 0.25) is 5.91 Å². The number of rotatable bonds is 5. The summed E-state index contributed by atoms with van der Waals surface area (Å²) in [7, 11) is 2.02. The first-order valence-corrected chi connectivity index (χ1v) is 7.84. The maximum atomic E-state index is 12.2. The third-order valence-electron chi connectivity index (χ3n) is 4.66. The second kappa shape index (κ2) is 7.05. The van der Waals surface area contributed by atoms with Crippen LogP contribution in [0.2, 0.25) is 0 Å². The van der Waals surface area contributed by atoms with Crippen molar-refractivity contribution in [3.63, 3.8) is 0 Å². The van der Waals surface area contributed by atoms with E-state index in [1.165, 1.54) is 19.3 Å². The van der Waals surface area contributed by atoms with E-state index < -0.39 is 0 Å². The van der Waals surface area contributed by atoms with Gasteiger partial charge in [0, 0.05) is 17.8 Å². The average molecular weight is 289 g/mol. The van der Waals surface area contributed by atoms with Gasteiger partial charge in [0.25, 0.3) is 0 Å². The summed E-state index contributed by atoms with van der Waals surface area (Å²) in [6.45, 7) is 3.04. The first kappa shape index (κ1) is 16.0. The zero-order valence-corrected chi connectivity index (χ0v) is 13.2. The molecule has 1 fully saturated rings. The minimum Gasteiger partial charge on any atom is -0.329 e. The van der Waals surface area contributed by atoms with Crippen molar-refractivity contribution in [3.05, 3.63) is 29.8 Å². The maximum Gasteiger partial charge on any atom is 0.238 e. The minimum absolute atomic E-state index is 0.00218. The van der Waals surface area contributed by atoms with Gasteiger partial charge in [0.1, 0.15) is 0 Å². The molecule has 0 heterocycles. The molecule has 0 spiro atoms. The first-order valence-electron chi connectivity index (χ1n) is 7.84. The van der Waals surface area contributed by atoms with Gasteiger partial charge >= 0.3 is 0 Å². The first-order chi connectivity index (χ1) is 10.1. The fraction of sp³-hybridized carbons (Fsp3) is 0.588. The van der Waals surface area contributed by atoms with Crippen molar-refractivity contribution < 1.29 is 4.79 Å². The van der Waals surface area contributed by atoms with E-state index in [1.54, 1.807) is 0 Å². The Morgan fingerprint density at radius 1 is 1.33 bits per heavy atom. The molecule has 1 amide bonds. The number of nitrogens with one attached hydrogen (secondary N) is 1. The lowest BCUT2D eigenvalue weighted by atomic mass is 9.80. The Morgan fingerprint density at radius 3 is 2.67 bits per heavy atom. The Kier molecular flexibility index (Phi) is 5.37. The largest absolute Gasteiger partial charge is 0.329 e. The van der Waals surface area contributed by atoms with Gasteiger partial charge in [0.15, 0.2) is 0 Å². The minimum atomic E-state index is 0.00218. The summed E-state index contributed by atoms with van der Waals surface area (Å²) in [6, 6.07) is 7.88. The van der Waals surface area contributed by atoms with Gasteiger partial charge in [-0.15, -0.1) is 0 Å². The van der Waals surface area contributed by atoms with Gasteiger partial charge in [0.05, 0.1) is 6.54 Å². The number of nitrogens with two attached hydrogens (primary N) is 1. The zero-order chi connectivity index (χ0) is 15.3. The number of hydrogen-bond donors (Lipinski definition) is 2. The number of nitrogens with zero attached hydrogens (tertiary/aromatic N) is 1. The highest BCUT2D eigenvalue weighted by Crippen LogP contribution is 2.31. The lowest BCUT2D eigenvalue weighted by Gasteiger charge is -2.43. The predicted molar refractivity (Wildman–Crippen MR) is 87.3 cm³/mol. The fourth-order valence-corrected chi connectivity index (χ4v) is 3.26. The van der Waals surface area contributed by atoms with Crippen LogP contribution in [0.5, 0.6) is 0 Å². The molecule has 0 aliphatic heterocycles. The van der Waals surface area contributed by atoms with Crippen LogP contribution in [-0.4, -0.2) is 36.5 Å². The Bertz CT molecular complexity index is 481. The summed E-state index contributed by atoms with van der Waals surface area (Å²) >= 11 is 0. The number of carbonyl (C=O) groups excluding carboxylic acids is 1. The quantitative estimate of drug-likeness (QED) is 0.875. The zero-order valence-electron chi connectivity index (χ0n) is 13.2. The highest BCUT2D eigenvalue weighted by Gasteiger charge is 2.35. The van der Waals surface area contributed by atoms with Crippen LogP contribution in [0.1, 0.15) is 37.7 Å². The summed E-state index contributed by atoms with van der Waals surface area (Å²) in [5.74, 6) is 0.0292. The average Bonchev–Trinajstić information content (AvgIpc) is 2.47. The smallest absolute Gasteiger partial charge is 0.238 e. The van der Waals surface area contributed by atoms with E-state index in [0.717, 1.165) is 24.1 Å². The molecule has 1 aromatic carbocycles. The van der Waals surface area contributed by atoms with Crippen LogP contribution in [-0.2, 0) is 4.79 Å². The Morgan fingerprint density at radius 2 is 2.05 bits per heavy atom. The molecule has 1 aliphatic carbocycles. The molecule has 0 atom stereocenters. The summed E-state index contributed by atoms with van der Waals surface area (Å²) in [6.07, 6.45) is 5.89. The van der Waals surface area contributed by atoms with Gasteiger partial charge < -0.3 is 11.1 Å². The number of amides is 1. The molecule has 0 bridgehead atoms. The molecule has 21 heavy (non-hydrogen) atoms. The Labute approximate surface area is 127 Å². The van der Waals surface area contributed by atoms with Crippen molar-refractivity contribution in [3.8, 4) is 0 Å². The standard InChI is InChI=1S/C17H27N3O/c1-14-7-6-8-15(11-14)19-16(21)12-20(2)17(13-18)9-4-3-5-10-17/h6-8,11H,3-5,9-10,12-13,18H2,1-2H3,(H,19,21). The van der Waals surface area contributed by atoms with Crippen LogP contribution < -0.4 is 11.1 Å². The van der Waals surface area contributed by atoms with Crippen LogP contribution in [0.25, 0.3) is 0 Å². The fourth-order valence-electron chi connectivity index (χ4n) is 3.26. The molecule has 1 aliphatic rings. The number of likely N-dealkylation sites (N-methyl/N-ethyl adjacent to an activating group) is 1. The third kappa shape index (κ3) is 4.05. The van der Waals surface area contributed by atoms with E-state index >= 15 is 0 Å². The highest BCUT2D eigenvalue weighted by atomic mass is 16.2. The molecular weight excluding hydrogens is 262 g/mol. The molecule has 116 valence electrons. The normalized spacial score (nSPS) is 17.7. The third-order valence-corrected chi connectivity index (χ3v) is 4.66. The number of benzene rings is 1. The molecule has 1 aromatic rings. The Hall–Kier alpha value is -1.39. The molecule has 0 saturated heterocycles. The van der Waals surface area contributed by atoms with E-state index in [-0.39, 0.29) is 11.4 Å². The van der Waals surface area contributed by atoms with E-state index in [1.807, 2.05) is 38.2 Å². The van der Waals surface area contributed by atoms with Gasteiger partial charge in [-0.3, -0.25) is 9.69 Å². The topological polar surface area (TPSA) is 58.4 Å². The van der Waals surface area contributed by atoms with Crippen LogP contribution in [0.15, 0.2) is 24.3 Å². The van der Waals surface area contributed by atoms with Crippen molar-refractivity contribution in [1.29, 1.82) is 0 Å². The number of carbonyl (C=O) groups is 1. The lowest BCUT2D eigenvalue weighted by molar-refractivity contribution is -0.118. The van der Waals surface area contributed by atoms with E-state index in [0.29, 0.717) is 13.1 Å². The number of aryl methyl sites for hydroxylation is 1. The van der Waals surface area contributed by atoms with Crippen LogP contribution in [0.4, 0.5) is 5.69 Å². The second-order valence-corrected chi connectivity index (χ2v) is 6.26. The molecule has 4 heteroatoms. The van der Waals surface area contributed by atoms with Crippen molar-refractivity contribution >= 4 is 11.6 Å². The Balaban J connectivity index is 1.95. The second-order valence-electron chi connectivity index (χ2n) is 6.26. The molecule has 0 aromatic heterocycles. The lowest BCUT2D eigenvalue weighted by Crippen LogP contribution is -2.55. The number of anilines is 1. The molecule has 3 N–H and O–H groups in total. The van der Waals surface area contributed by atoms with Crippen LogP contribution in [0.3, 0.4) is 0 Å². The molecular formula is C17H27N3O. The van der Waals surface area contributed by atoms with Gasteiger partial charge in [-0.25, -0.2) is 0 Å². The number of hydrogen-bond acceptors (Lipinski definition) is 3. The molecule has 1 saturated carbocycles. The maximum absolute atomic E-state index is 12.2. The molecule has 0 radical (unpaired) electrons. The summed E-state index contributed by atoms with van der Waals surface area (Å²) < 4.78 is 0. The van der Waals surface area contributed by atoms with E-state index in [9.17, 15) is 4.79 Å². The summed E-state index contributed by atoms with van der Waals surface area (Å²) in [4.78, 5) is 14.4. The SMILES string of the molecule is Cc1cccc(NC(=O)CN(C)C2(CN)CCCCC2)c1. The van der Waals surface area contributed by atoms with E-state index in [2.05, 4.69) is 10.2 Å². The van der Waals surface area contributed by atoms with Crippen molar-refractivity contribution in [2.75, 3.05) is 25.5 Å². The summed E-state index contributed by atoms with van der Waals surface area (Å²) in [5.41, 5.74) is 8.02. The van der Waals surface area contributed by atoms with Crippen LogP contribution >= 0.6 is 0 Å². The van der Waals surface area contributed by atoms with Crippen molar-refractivity contribution in [2.24, 2.45) is 5.73 Å². The highest BCUT2D eigenvalue weighted by molar-refractivity contribution is 5.92. The van der Waals surface area contributed by atoms with Gasteiger partial charge in [-0.1, -0.05) is 31.4 Å². The summed E-state index contributed by atoms with van der Waals surface area (Å²) in [5, 5.41) is 2.97. The molecule has 2 rings (SSSR count). The molecule has 0 unspecified atom stereocenters. The van der Waals surface area contributed by atoms with Gasteiger partial charge in [-0.05, 0) is 44.5 Å². The van der Waals surface area contributed by atoms with Crippen LogP contribution in [0, 0.1) is 6.92 Å². The van der Waals surface area contributed by atoms with Crippen molar-refractivity contribution in [1.82, 2.24) is 4.90 Å². The van der Waals surface area contributed by atoms with Crippen molar-refractivity contribution in [2.45, 2.75) is 44.6 Å². The molecule has 4 nitrogen and oxygen atoms in total. The predicted octanol–water partition coefficient (Wildman–Crippen LogP) is 2.53.